The topological polar surface area (TPSA) is 98.6 Å². The van der Waals surface area contributed by atoms with E-state index < -0.39 is 15.4 Å². The molecule has 0 aliphatic rings. The maximum Gasteiger partial charge on any atom is 0.257 e. The molecule has 82 valence electrons. The van der Waals surface area contributed by atoms with Gasteiger partial charge in [-0.15, -0.1) is 0 Å². The van der Waals surface area contributed by atoms with Crippen LogP contribution in [-0.2, 0) is 10.0 Å². The van der Waals surface area contributed by atoms with Crippen molar-refractivity contribution in [1.82, 2.24) is 14.7 Å². The quantitative estimate of drug-likeness (QED) is 0.771. The monoisotopic (exact) mass is 228 g/mol. The van der Waals surface area contributed by atoms with Crippen molar-refractivity contribution in [3.63, 3.8) is 0 Å². The number of aromatic amines is 1. The highest BCUT2D eigenvalue weighted by Crippen LogP contribution is 2.12. The molecule has 0 aromatic carbocycles. The molecule has 0 radical (unpaired) electrons. The first-order chi connectivity index (χ1) is 6.87. The molecule has 0 spiro atoms. The van der Waals surface area contributed by atoms with Gasteiger partial charge in [0, 0.05) is 6.54 Å². The first kappa shape index (κ1) is 11.7. The molecule has 0 aliphatic heterocycles. The second-order valence-electron chi connectivity index (χ2n) is 3.74. The minimum Gasteiger partial charge on any atom is -0.335 e. The summed E-state index contributed by atoms with van der Waals surface area (Å²) in [6.07, 6.45) is 2.49. The molecular formula is C8H12N4O2S. The summed E-state index contributed by atoms with van der Waals surface area (Å²) < 4.78 is 25.5. The number of nitrogens with zero attached hydrogens (tertiary/aromatic N) is 2. The third kappa shape index (κ3) is 3.04. The molecule has 1 heterocycles. The van der Waals surface area contributed by atoms with Crippen LogP contribution >= 0.6 is 0 Å². The van der Waals surface area contributed by atoms with E-state index >= 15 is 0 Å². The van der Waals surface area contributed by atoms with E-state index in [0.29, 0.717) is 0 Å². The van der Waals surface area contributed by atoms with Crippen LogP contribution in [0.1, 0.15) is 13.8 Å². The fraction of sp³-hybridized carbons (Fsp3) is 0.500. The highest BCUT2D eigenvalue weighted by atomic mass is 32.2. The molecule has 0 atom stereocenters. The highest BCUT2D eigenvalue weighted by Gasteiger charge is 2.22. The number of sulfonamides is 1. The van der Waals surface area contributed by atoms with Crippen molar-refractivity contribution in [2.75, 3.05) is 6.54 Å². The number of imidazole rings is 1. The summed E-state index contributed by atoms with van der Waals surface area (Å²) in [6, 6.07) is 2.01. The molecule has 15 heavy (non-hydrogen) atoms. The molecule has 0 saturated heterocycles. The third-order valence-electron chi connectivity index (χ3n) is 1.77. The fourth-order valence-corrected chi connectivity index (χ4v) is 1.90. The van der Waals surface area contributed by atoms with Crippen LogP contribution in [0.2, 0.25) is 0 Å². The maximum absolute atomic E-state index is 11.6. The Morgan fingerprint density at radius 2 is 2.33 bits per heavy atom. The summed E-state index contributed by atoms with van der Waals surface area (Å²) in [5.74, 6) is 0. The zero-order valence-corrected chi connectivity index (χ0v) is 9.30. The Morgan fingerprint density at radius 1 is 1.67 bits per heavy atom. The Balaban J connectivity index is 2.73. The van der Waals surface area contributed by atoms with E-state index in [9.17, 15) is 8.42 Å². The smallest absolute Gasteiger partial charge is 0.257 e. The Labute approximate surface area is 88.4 Å². The largest absolute Gasteiger partial charge is 0.335 e. The molecule has 7 heteroatoms. The molecule has 0 fully saturated rings. The van der Waals surface area contributed by atoms with Crippen molar-refractivity contribution in [2.24, 2.45) is 5.41 Å². The average molecular weight is 228 g/mol. The van der Waals surface area contributed by atoms with E-state index in [2.05, 4.69) is 14.7 Å². The Morgan fingerprint density at radius 3 is 2.80 bits per heavy atom. The second-order valence-corrected chi connectivity index (χ2v) is 5.47. The zero-order chi connectivity index (χ0) is 11.5. The first-order valence-corrected chi connectivity index (χ1v) is 5.75. The fourth-order valence-electron chi connectivity index (χ4n) is 0.783. The van der Waals surface area contributed by atoms with E-state index in [0.717, 1.165) is 0 Å². The van der Waals surface area contributed by atoms with Gasteiger partial charge in [0.15, 0.2) is 5.03 Å². The molecule has 6 nitrogen and oxygen atoms in total. The maximum atomic E-state index is 11.6. The van der Waals surface area contributed by atoms with Crippen LogP contribution in [0, 0.1) is 16.7 Å². The summed E-state index contributed by atoms with van der Waals surface area (Å²) in [5, 5.41) is 8.71. The van der Waals surface area contributed by atoms with Gasteiger partial charge in [0.2, 0.25) is 0 Å². The predicted octanol–water partition coefficient (Wildman–Crippen LogP) is 0.238. The molecule has 1 rings (SSSR count). The molecule has 0 aliphatic carbocycles. The summed E-state index contributed by atoms with van der Waals surface area (Å²) >= 11 is 0. The van der Waals surface area contributed by atoms with Gasteiger partial charge in [0.1, 0.15) is 0 Å². The second kappa shape index (κ2) is 4.00. The number of rotatable bonds is 4. The molecule has 1 aromatic heterocycles. The number of hydrogen-bond donors (Lipinski definition) is 2. The number of H-pyrrole nitrogens is 1. The van der Waals surface area contributed by atoms with Crippen molar-refractivity contribution in [3.8, 4) is 6.07 Å². The third-order valence-corrected chi connectivity index (χ3v) is 3.10. The van der Waals surface area contributed by atoms with Gasteiger partial charge in [-0.1, -0.05) is 0 Å². The van der Waals surface area contributed by atoms with Crippen LogP contribution in [0.3, 0.4) is 0 Å². The van der Waals surface area contributed by atoms with Gasteiger partial charge in [-0.25, -0.2) is 18.1 Å². The van der Waals surface area contributed by atoms with Crippen LogP contribution in [0.15, 0.2) is 17.6 Å². The van der Waals surface area contributed by atoms with Gasteiger partial charge in [-0.2, -0.15) is 5.26 Å². The zero-order valence-electron chi connectivity index (χ0n) is 8.48. The Bertz CT molecular complexity index is 455. The normalized spacial score (nSPS) is 12.3. The molecule has 0 saturated carbocycles. The van der Waals surface area contributed by atoms with Gasteiger partial charge >= 0.3 is 0 Å². The van der Waals surface area contributed by atoms with E-state index in [1.807, 2.05) is 6.07 Å². The molecular weight excluding hydrogens is 216 g/mol. The standard InChI is InChI=1S/C8H12N4O2S/c1-8(2,4-9)5-12-15(13,14)7-3-10-6-11-7/h3,6,12H,5H2,1-2H3,(H,10,11). The summed E-state index contributed by atoms with van der Waals surface area (Å²) in [7, 11) is -3.58. The minimum absolute atomic E-state index is 0.00348. The predicted molar refractivity (Wildman–Crippen MR) is 53.2 cm³/mol. The molecule has 2 N–H and O–H groups in total. The van der Waals surface area contributed by atoms with Crippen LogP contribution in [-0.4, -0.2) is 24.9 Å². The number of hydrogen-bond acceptors (Lipinski definition) is 4. The average Bonchev–Trinajstić information content (AvgIpc) is 2.69. The molecule has 1 aromatic rings. The van der Waals surface area contributed by atoms with E-state index in [1.165, 1.54) is 12.5 Å². The van der Waals surface area contributed by atoms with Gasteiger partial charge in [-0.3, -0.25) is 0 Å². The summed E-state index contributed by atoms with van der Waals surface area (Å²) in [6.45, 7) is 3.37. The van der Waals surface area contributed by atoms with Crippen LogP contribution < -0.4 is 4.72 Å². The molecule has 0 bridgehead atoms. The highest BCUT2D eigenvalue weighted by molar-refractivity contribution is 7.89. The van der Waals surface area contributed by atoms with Crippen LogP contribution in [0.5, 0.6) is 0 Å². The van der Waals surface area contributed by atoms with Crippen LogP contribution in [0.25, 0.3) is 0 Å². The van der Waals surface area contributed by atoms with Crippen molar-refractivity contribution in [1.29, 1.82) is 5.26 Å². The van der Waals surface area contributed by atoms with Crippen molar-refractivity contribution in [3.05, 3.63) is 12.5 Å². The number of aromatic nitrogens is 2. The lowest BCUT2D eigenvalue weighted by molar-refractivity contribution is 0.478. The first-order valence-electron chi connectivity index (χ1n) is 4.27. The SMILES string of the molecule is CC(C)(C#N)CNS(=O)(=O)c1cnc[nH]1. The summed E-state index contributed by atoms with van der Waals surface area (Å²) in [5.41, 5.74) is -0.729. The van der Waals surface area contributed by atoms with Gasteiger partial charge in [0.05, 0.1) is 24.0 Å². The summed E-state index contributed by atoms with van der Waals surface area (Å²) in [4.78, 5) is 6.10. The minimum atomic E-state index is -3.58. The molecule has 0 amide bonds. The van der Waals surface area contributed by atoms with Gasteiger partial charge in [-0.05, 0) is 13.8 Å². The van der Waals surface area contributed by atoms with Crippen LogP contribution in [0.4, 0.5) is 0 Å². The Kier molecular flexibility index (Phi) is 3.12. The molecule has 0 unspecified atom stereocenters. The van der Waals surface area contributed by atoms with Crippen molar-refractivity contribution >= 4 is 10.0 Å². The van der Waals surface area contributed by atoms with Gasteiger partial charge in [0.25, 0.3) is 10.0 Å². The van der Waals surface area contributed by atoms with Crippen molar-refractivity contribution in [2.45, 2.75) is 18.9 Å². The lowest BCUT2D eigenvalue weighted by Crippen LogP contribution is -2.33. The lowest BCUT2D eigenvalue weighted by Gasteiger charge is -2.15. The lowest BCUT2D eigenvalue weighted by atomic mass is 9.97. The van der Waals surface area contributed by atoms with Gasteiger partial charge < -0.3 is 4.98 Å². The van der Waals surface area contributed by atoms with E-state index in [-0.39, 0.29) is 11.6 Å². The van der Waals surface area contributed by atoms with Crippen molar-refractivity contribution < 1.29 is 8.42 Å². The van der Waals surface area contributed by atoms with E-state index in [4.69, 9.17) is 5.26 Å². The van der Waals surface area contributed by atoms with E-state index in [1.54, 1.807) is 13.8 Å². The Hall–Kier alpha value is -1.39. The number of nitriles is 1. The number of nitrogens with one attached hydrogen (secondary N) is 2.